The van der Waals surface area contributed by atoms with Crippen LogP contribution < -0.4 is 14.9 Å². The van der Waals surface area contributed by atoms with E-state index in [1.807, 2.05) is 67.6 Å². The van der Waals surface area contributed by atoms with Gasteiger partial charge >= 0.3 is 0 Å². The Morgan fingerprint density at radius 1 is 0.929 bits per heavy atom. The zero-order chi connectivity index (χ0) is 19.3. The Balaban J connectivity index is 1.59. The second-order valence-electron chi connectivity index (χ2n) is 6.34. The van der Waals surface area contributed by atoms with Gasteiger partial charge in [0.15, 0.2) is 17.6 Å². The number of pyridine rings is 1. The molecule has 0 saturated heterocycles. The van der Waals surface area contributed by atoms with Crippen LogP contribution in [-0.2, 0) is 4.79 Å². The van der Waals surface area contributed by atoms with Crippen molar-refractivity contribution in [3.63, 3.8) is 0 Å². The summed E-state index contributed by atoms with van der Waals surface area (Å²) in [6, 6.07) is 20.5. The Kier molecular flexibility index (Phi) is 5.01. The van der Waals surface area contributed by atoms with Gasteiger partial charge in [-0.1, -0.05) is 42.5 Å². The molecule has 0 spiro atoms. The minimum absolute atomic E-state index is 0.378. The molecular formula is C22H19N3O3. The van der Waals surface area contributed by atoms with Crippen LogP contribution >= 0.6 is 0 Å². The number of hydrazone groups is 1. The number of nitrogens with zero attached hydrogens (tertiary/aromatic N) is 2. The Bertz CT molecular complexity index is 990. The van der Waals surface area contributed by atoms with E-state index in [0.29, 0.717) is 17.2 Å². The molecule has 0 aliphatic carbocycles. The molecule has 1 N–H and O–H groups in total. The number of amides is 1. The molecule has 1 aliphatic rings. The number of hydrogen-bond donors (Lipinski definition) is 1. The molecule has 28 heavy (non-hydrogen) atoms. The fourth-order valence-electron chi connectivity index (χ4n) is 2.98. The third-order valence-corrected chi connectivity index (χ3v) is 4.45. The van der Waals surface area contributed by atoms with Gasteiger partial charge in [0.2, 0.25) is 6.10 Å². The van der Waals surface area contributed by atoms with Gasteiger partial charge < -0.3 is 9.47 Å². The lowest BCUT2D eigenvalue weighted by Gasteiger charge is -2.33. The zero-order valence-corrected chi connectivity index (χ0v) is 15.3. The number of benzene rings is 2. The largest absolute Gasteiger partial charge is 0.477 e. The zero-order valence-electron chi connectivity index (χ0n) is 15.3. The first-order valence-electron chi connectivity index (χ1n) is 8.94. The molecule has 140 valence electrons. The molecular weight excluding hydrogens is 354 g/mol. The molecule has 2 aromatic carbocycles. The van der Waals surface area contributed by atoms with Crippen LogP contribution in [0.25, 0.3) is 0 Å². The van der Waals surface area contributed by atoms with E-state index in [2.05, 4.69) is 15.5 Å². The van der Waals surface area contributed by atoms with E-state index in [1.165, 1.54) is 0 Å². The van der Waals surface area contributed by atoms with Crippen LogP contribution in [0.5, 0.6) is 11.5 Å². The van der Waals surface area contributed by atoms with Gasteiger partial charge in [0.25, 0.3) is 5.91 Å². The number of fused-ring (bicyclic) bond motifs is 1. The Morgan fingerprint density at radius 3 is 2.29 bits per heavy atom. The van der Waals surface area contributed by atoms with E-state index in [-0.39, 0.29) is 5.91 Å². The van der Waals surface area contributed by atoms with Crippen LogP contribution in [0.15, 0.2) is 84.2 Å². The fourth-order valence-corrected chi connectivity index (χ4v) is 2.98. The molecule has 2 unspecified atom stereocenters. The van der Waals surface area contributed by atoms with Gasteiger partial charge in [-0.2, -0.15) is 5.10 Å². The minimum atomic E-state index is -0.869. The smallest absolute Gasteiger partial charge is 0.285 e. The topological polar surface area (TPSA) is 72.8 Å². The molecule has 3 aromatic rings. The van der Waals surface area contributed by atoms with E-state index < -0.39 is 12.2 Å². The molecule has 0 bridgehead atoms. The Hall–Kier alpha value is -3.67. The molecule has 1 aliphatic heterocycles. The summed E-state index contributed by atoms with van der Waals surface area (Å²) in [5.41, 5.74) is 5.00. The first-order chi connectivity index (χ1) is 13.7. The average Bonchev–Trinajstić information content (AvgIpc) is 2.77. The summed E-state index contributed by atoms with van der Waals surface area (Å²) in [7, 11) is 0. The van der Waals surface area contributed by atoms with Crippen molar-refractivity contribution < 1.29 is 14.3 Å². The molecule has 0 fully saturated rings. The predicted octanol–water partition coefficient (Wildman–Crippen LogP) is 3.50. The van der Waals surface area contributed by atoms with E-state index in [0.717, 1.165) is 11.1 Å². The van der Waals surface area contributed by atoms with Gasteiger partial charge in [0.1, 0.15) is 0 Å². The summed E-state index contributed by atoms with van der Waals surface area (Å²) in [4.78, 5) is 16.9. The molecule has 0 saturated carbocycles. The third-order valence-electron chi connectivity index (χ3n) is 4.45. The minimum Gasteiger partial charge on any atom is -0.477 e. The highest BCUT2D eigenvalue weighted by molar-refractivity contribution is 5.99. The SMILES string of the molecule is CC(=NNC(=O)C1Oc2ccccc2OC1c1ccccc1)c1ccncc1. The van der Waals surface area contributed by atoms with Gasteiger partial charge in [-0.3, -0.25) is 9.78 Å². The summed E-state index contributed by atoms with van der Waals surface area (Å²) >= 11 is 0. The highest BCUT2D eigenvalue weighted by Gasteiger charge is 2.38. The fraction of sp³-hybridized carbons (Fsp3) is 0.136. The van der Waals surface area contributed by atoms with Crippen LogP contribution in [-0.4, -0.2) is 22.7 Å². The second-order valence-corrected chi connectivity index (χ2v) is 6.34. The molecule has 6 heteroatoms. The first-order valence-corrected chi connectivity index (χ1v) is 8.94. The van der Waals surface area contributed by atoms with Crippen LogP contribution in [0, 0.1) is 0 Å². The van der Waals surface area contributed by atoms with Crippen molar-refractivity contribution >= 4 is 11.6 Å². The number of para-hydroxylation sites is 2. The number of ether oxygens (including phenoxy) is 2. The number of aromatic nitrogens is 1. The van der Waals surface area contributed by atoms with Crippen LogP contribution in [0.4, 0.5) is 0 Å². The van der Waals surface area contributed by atoms with Gasteiger partial charge in [0.05, 0.1) is 5.71 Å². The van der Waals surface area contributed by atoms with E-state index in [4.69, 9.17) is 9.47 Å². The Morgan fingerprint density at radius 2 is 1.57 bits per heavy atom. The molecule has 6 nitrogen and oxygen atoms in total. The molecule has 1 aromatic heterocycles. The van der Waals surface area contributed by atoms with E-state index in [1.54, 1.807) is 18.5 Å². The van der Waals surface area contributed by atoms with Gasteiger partial charge in [-0.25, -0.2) is 5.43 Å². The lowest BCUT2D eigenvalue weighted by atomic mass is 10.0. The van der Waals surface area contributed by atoms with Crippen molar-refractivity contribution in [3.8, 4) is 11.5 Å². The van der Waals surface area contributed by atoms with Crippen molar-refractivity contribution in [1.82, 2.24) is 10.4 Å². The van der Waals surface area contributed by atoms with Crippen molar-refractivity contribution in [2.24, 2.45) is 5.10 Å². The normalized spacial score (nSPS) is 18.4. The van der Waals surface area contributed by atoms with Crippen molar-refractivity contribution in [3.05, 3.63) is 90.3 Å². The predicted molar refractivity (Wildman–Crippen MR) is 105 cm³/mol. The quantitative estimate of drug-likeness (QED) is 0.561. The van der Waals surface area contributed by atoms with Crippen LogP contribution in [0.3, 0.4) is 0 Å². The van der Waals surface area contributed by atoms with Gasteiger partial charge in [-0.05, 0) is 36.8 Å². The van der Waals surface area contributed by atoms with Crippen LogP contribution in [0.2, 0.25) is 0 Å². The van der Waals surface area contributed by atoms with E-state index >= 15 is 0 Å². The summed E-state index contributed by atoms with van der Waals surface area (Å²) in [6.07, 6.45) is 1.91. The van der Waals surface area contributed by atoms with Crippen molar-refractivity contribution in [2.45, 2.75) is 19.1 Å². The number of carbonyl (C=O) groups excluding carboxylic acids is 1. The molecule has 1 amide bonds. The van der Waals surface area contributed by atoms with Gasteiger partial charge in [0, 0.05) is 18.0 Å². The first kappa shape index (κ1) is 17.7. The molecule has 2 heterocycles. The highest BCUT2D eigenvalue weighted by atomic mass is 16.6. The summed E-state index contributed by atoms with van der Waals surface area (Å²) in [5, 5.41) is 4.21. The second kappa shape index (κ2) is 7.92. The number of carbonyl (C=O) groups is 1. The van der Waals surface area contributed by atoms with E-state index in [9.17, 15) is 4.79 Å². The Labute approximate surface area is 162 Å². The standard InChI is InChI=1S/C22H19N3O3/c1-15(16-11-13-23-14-12-16)24-25-22(26)21-20(17-7-3-2-4-8-17)27-18-9-5-6-10-19(18)28-21/h2-14,20-21H,1H3,(H,25,26). The van der Waals surface area contributed by atoms with Crippen LogP contribution in [0.1, 0.15) is 24.2 Å². The number of rotatable bonds is 4. The third kappa shape index (κ3) is 3.71. The maximum Gasteiger partial charge on any atom is 0.285 e. The maximum absolute atomic E-state index is 12.9. The van der Waals surface area contributed by atoms with Crippen molar-refractivity contribution in [2.75, 3.05) is 0 Å². The van der Waals surface area contributed by atoms with Crippen molar-refractivity contribution in [1.29, 1.82) is 0 Å². The lowest BCUT2D eigenvalue weighted by molar-refractivity contribution is -0.134. The maximum atomic E-state index is 12.9. The monoisotopic (exact) mass is 373 g/mol. The average molecular weight is 373 g/mol. The summed E-state index contributed by atoms with van der Waals surface area (Å²) < 4.78 is 12.1. The molecule has 4 rings (SSSR count). The molecule has 2 atom stereocenters. The highest BCUT2D eigenvalue weighted by Crippen LogP contribution is 2.39. The summed E-state index contributed by atoms with van der Waals surface area (Å²) in [5.74, 6) is 0.762. The summed E-state index contributed by atoms with van der Waals surface area (Å²) in [6.45, 7) is 1.82. The molecule has 0 radical (unpaired) electrons. The lowest BCUT2D eigenvalue weighted by Crippen LogP contribution is -2.44. The number of nitrogens with one attached hydrogen (secondary N) is 1. The van der Waals surface area contributed by atoms with Gasteiger partial charge in [-0.15, -0.1) is 0 Å². The number of hydrogen-bond acceptors (Lipinski definition) is 5.